The summed E-state index contributed by atoms with van der Waals surface area (Å²) in [4.78, 5) is 0. The Morgan fingerprint density at radius 1 is 0.375 bits per heavy atom. The molecule has 0 spiro atoms. The summed E-state index contributed by atoms with van der Waals surface area (Å²) < 4.78 is 2.71. The van der Waals surface area contributed by atoms with E-state index < -0.39 is 23.9 Å². The number of hydrogen-bond donors (Lipinski definition) is 0. The molecule has 0 N–H and O–H groups in total. The summed E-state index contributed by atoms with van der Waals surface area (Å²) in [6.07, 6.45) is 17.0. The number of halogens is 2. The predicted molar refractivity (Wildman–Crippen MR) is 266 cm³/mol. The Kier molecular flexibility index (Phi) is 26.8. The van der Waals surface area contributed by atoms with Crippen molar-refractivity contribution in [1.29, 1.82) is 0 Å². The fourth-order valence-corrected chi connectivity index (χ4v) is 14.8. The number of nitrogens with zero attached hydrogens (tertiary/aromatic N) is 1. The molecule has 2 saturated carbocycles. The zero-order valence-corrected chi connectivity index (χ0v) is 42.9. The van der Waals surface area contributed by atoms with Gasteiger partial charge in [0, 0.05) is 32.2 Å². The third-order valence-electron chi connectivity index (χ3n) is 10.2. The Labute approximate surface area is 425 Å². The monoisotopic (exact) mass is 1060 g/mol. The second kappa shape index (κ2) is 30.7. The van der Waals surface area contributed by atoms with Gasteiger partial charge in [-0.2, -0.15) is 0 Å². The number of benzene rings is 7. The maximum absolute atomic E-state index is 2.71. The first kappa shape index (κ1) is 55.8. The minimum absolute atomic E-state index is 0. The van der Waals surface area contributed by atoms with E-state index in [4.69, 9.17) is 0 Å². The molecule has 7 aromatic carbocycles. The van der Waals surface area contributed by atoms with Crippen LogP contribution >= 0.6 is 23.9 Å². The first-order chi connectivity index (χ1) is 29.7. The van der Waals surface area contributed by atoms with E-state index in [1.54, 1.807) is 0 Å². The van der Waals surface area contributed by atoms with E-state index in [1.807, 2.05) is 32.1 Å². The van der Waals surface area contributed by atoms with Crippen molar-refractivity contribution >= 4 is 61.0 Å². The molecule has 64 heavy (non-hydrogen) atoms. The second-order valence-corrected chi connectivity index (χ2v) is 20.7. The Hall–Kier alpha value is -2.49. The average molecular weight is 1060 g/mol. The minimum Gasteiger partial charge on any atom is -1.00 e. The molecule has 10 radical (unpaired) electrons. The molecule has 1 atom stereocenters. The molecule has 324 valence electrons. The van der Waals surface area contributed by atoms with E-state index >= 15 is 0 Å². The summed E-state index contributed by atoms with van der Waals surface area (Å²) in [6, 6.07) is 76.8. The van der Waals surface area contributed by atoms with Crippen molar-refractivity contribution in [2.24, 2.45) is 0 Å². The van der Waals surface area contributed by atoms with Gasteiger partial charge in [0.25, 0.3) is 0 Å². The van der Waals surface area contributed by atoms with Gasteiger partial charge in [0.15, 0.2) is 0 Å². The average Bonchev–Trinajstić information content (AvgIpc) is 4.08. The summed E-state index contributed by atoms with van der Waals surface area (Å²) in [7, 11) is -1.74. The molecule has 9 rings (SSSR count). The molecule has 0 bridgehead atoms. The fourth-order valence-electron chi connectivity index (χ4n) is 7.40. The van der Waals surface area contributed by atoms with Gasteiger partial charge in [-0.15, -0.1) is 0 Å². The van der Waals surface area contributed by atoms with E-state index in [-0.39, 0.29) is 67.4 Å². The van der Waals surface area contributed by atoms with Crippen molar-refractivity contribution in [3.8, 4) is 0 Å². The van der Waals surface area contributed by atoms with Gasteiger partial charge in [-0.05, 0) is 111 Å². The first-order valence-electron chi connectivity index (χ1n) is 20.7. The standard InChI is InChI=1S/C33H32NP2.C18H15P.C5H5.2ClH.Fe.Ru/c1-3-34(36(30-21-12-6-13-22-30)31-23-14-7-15-24-31)27(2)32-25-16-26-33(32)35(28-17-8-4-9-18-28)29-19-10-5-11-20-29;1-4-10-16(11-5-1)19(17-12-6-2-7-13-17)18-14-8-3-9-15-18;1-2-4-5-3-1;;;;/h4-27H,3H2,1-2H3;1-15H;1-5H;2*1H;;/q;;;;;2*+2/p-2/t27-;;;;;;/m0....../s1. The first-order valence-corrected chi connectivity index (χ1v) is 24.6. The molecule has 0 aromatic heterocycles. The van der Waals surface area contributed by atoms with Crippen molar-refractivity contribution in [2.75, 3.05) is 6.54 Å². The number of rotatable bonds is 12. The van der Waals surface area contributed by atoms with Gasteiger partial charge < -0.3 is 24.8 Å². The molecule has 2 aliphatic carbocycles. The SMILES string of the molecule is CCN([C@@H](C)[C]1[CH][CH][CH][C]1P(c1ccccc1)c1ccccc1)P(c1ccccc1)c1ccccc1.[CH]1[CH][CH][CH][CH]1.[Cl-].[Cl-].[Fe+2].[Ru+2].c1ccc(P(c2ccccc2)c2ccccc2)cc1. The van der Waals surface area contributed by atoms with Crippen molar-refractivity contribution in [3.63, 3.8) is 0 Å². The van der Waals surface area contributed by atoms with Gasteiger partial charge in [0.2, 0.25) is 0 Å². The normalized spacial score (nSPS) is 13.8. The fraction of sp³-hybridized carbons (Fsp3) is 0.0714. The molecule has 0 amide bonds. The summed E-state index contributed by atoms with van der Waals surface area (Å²) in [5.74, 6) is 1.44. The third-order valence-corrected chi connectivity index (χ3v) is 17.9. The van der Waals surface area contributed by atoms with Crippen LogP contribution in [-0.2, 0) is 36.5 Å². The zero-order chi connectivity index (χ0) is 41.2. The molecule has 2 fully saturated rings. The van der Waals surface area contributed by atoms with Crippen molar-refractivity contribution < 1.29 is 61.4 Å². The maximum Gasteiger partial charge on any atom is 2.00 e. The molecule has 7 aromatic rings. The van der Waals surface area contributed by atoms with Gasteiger partial charge in [-0.1, -0.05) is 219 Å². The van der Waals surface area contributed by atoms with Crippen LogP contribution in [-0.4, -0.2) is 17.3 Å². The zero-order valence-electron chi connectivity index (χ0n) is 35.9. The third kappa shape index (κ3) is 15.5. The van der Waals surface area contributed by atoms with Gasteiger partial charge in [-0.25, -0.2) is 0 Å². The quantitative estimate of drug-likeness (QED) is 0.122. The Bertz CT molecular complexity index is 2030. The van der Waals surface area contributed by atoms with Crippen LogP contribution in [0.1, 0.15) is 13.8 Å². The van der Waals surface area contributed by atoms with E-state index in [2.05, 4.69) is 250 Å². The molecule has 0 unspecified atom stereocenters. The molecular formula is C56H52Cl2FeNP3Ru+2. The second-order valence-electron chi connectivity index (χ2n) is 14.1. The Morgan fingerprint density at radius 2 is 0.641 bits per heavy atom. The largest absolute Gasteiger partial charge is 2.00 e. The van der Waals surface area contributed by atoms with Crippen LogP contribution in [0.5, 0.6) is 0 Å². The molecule has 0 saturated heterocycles. The Morgan fingerprint density at radius 3 is 0.922 bits per heavy atom. The molecule has 0 aliphatic heterocycles. The van der Waals surface area contributed by atoms with Gasteiger partial charge in [-0.3, -0.25) is 4.67 Å². The summed E-state index contributed by atoms with van der Waals surface area (Å²) in [5.41, 5.74) is 1.46. The molecule has 8 heteroatoms. The summed E-state index contributed by atoms with van der Waals surface area (Å²) in [5, 5.41) is 9.78. The smallest absolute Gasteiger partial charge is 1.00 e. The summed E-state index contributed by atoms with van der Waals surface area (Å²) in [6.45, 7) is 5.68. The topological polar surface area (TPSA) is 3.24 Å². The molecule has 0 heterocycles. The van der Waals surface area contributed by atoms with Gasteiger partial charge in [0.05, 0.1) is 0 Å². The minimum atomic E-state index is -0.658. The molecule has 1 nitrogen and oxygen atoms in total. The van der Waals surface area contributed by atoms with Gasteiger partial charge in [0.1, 0.15) is 0 Å². The molecular weight excluding hydrogens is 1010 g/mol. The predicted octanol–water partition coefficient (Wildman–Crippen LogP) is 5.08. The van der Waals surface area contributed by atoms with E-state index in [1.165, 1.54) is 48.7 Å². The van der Waals surface area contributed by atoms with E-state index in [9.17, 15) is 0 Å². The van der Waals surface area contributed by atoms with Gasteiger partial charge >= 0.3 is 36.5 Å². The molecule has 2 aliphatic rings. The van der Waals surface area contributed by atoms with E-state index in [0.717, 1.165) is 6.54 Å². The van der Waals surface area contributed by atoms with Crippen LogP contribution in [0.25, 0.3) is 0 Å². The maximum atomic E-state index is 2.71. The van der Waals surface area contributed by atoms with Crippen molar-refractivity contribution in [3.05, 3.63) is 275 Å². The summed E-state index contributed by atoms with van der Waals surface area (Å²) >= 11 is 0. The van der Waals surface area contributed by atoms with Crippen LogP contribution in [0, 0.1) is 62.9 Å². The van der Waals surface area contributed by atoms with Crippen molar-refractivity contribution in [2.45, 2.75) is 19.9 Å². The van der Waals surface area contributed by atoms with Crippen LogP contribution < -0.4 is 61.9 Å². The van der Waals surface area contributed by atoms with Crippen LogP contribution in [0.15, 0.2) is 212 Å². The van der Waals surface area contributed by atoms with E-state index in [0.29, 0.717) is 0 Å². The van der Waals surface area contributed by atoms with Crippen LogP contribution in [0.4, 0.5) is 0 Å². The van der Waals surface area contributed by atoms with Crippen molar-refractivity contribution in [1.82, 2.24) is 4.67 Å². The Balaban J connectivity index is 0.000000327. The van der Waals surface area contributed by atoms with Crippen LogP contribution in [0.3, 0.4) is 0 Å². The van der Waals surface area contributed by atoms with Crippen LogP contribution in [0.2, 0.25) is 0 Å². The number of hydrogen-bond acceptors (Lipinski definition) is 1.